The quantitative estimate of drug-likeness (QED) is 0.793. The van der Waals surface area contributed by atoms with Gasteiger partial charge in [0.15, 0.2) is 5.16 Å². The van der Waals surface area contributed by atoms with Gasteiger partial charge in [-0.05, 0) is 13.3 Å². The number of hydrogen-bond donors (Lipinski definition) is 1. The minimum absolute atomic E-state index is 0.0339. The second kappa shape index (κ2) is 7.09. The molecular weight excluding hydrogens is 290 g/mol. The lowest BCUT2D eigenvalue weighted by Gasteiger charge is -2.16. The van der Waals surface area contributed by atoms with E-state index in [-0.39, 0.29) is 23.6 Å². The summed E-state index contributed by atoms with van der Waals surface area (Å²) in [5.41, 5.74) is 0.738. The SMILES string of the molecule is CCc1cc(=O)n2c(n1)SCC2CC(=O)NC(C)COC. The van der Waals surface area contributed by atoms with Crippen LogP contribution in [-0.2, 0) is 16.0 Å². The van der Waals surface area contributed by atoms with Gasteiger partial charge in [-0.25, -0.2) is 4.98 Å². The molecule has 21 heavy (non-hydrogen) atoms. The van der Waals surface area contributed by atoms with Gasteiger partial charge in [0, 0.05) is 37.1 Å². The highest BCUT2D eigenvalue weighted by molar-refractivity contribution is 7.99. The van der Waals surface area contributed by atoms with E-state index in [0.29, 0.717) is 18.8 Å². The smallest absolute Gasteiger partial charge is 0.254 e. The van der Waals surface area contributed by atoms with Crippen LogP contribution in [0.4, 0.5) is 0 Å². The Bertz CT molecular complexity index is 573. The molecule has 2 heterocycles. The van der Waals surface area contributed by atoms with Crippen molar-refractivity contribution in [2.75, 3.05) is 19.5 Å². The fourth-order valence-corrected chi connectivity index (χ4v) is 3.54. The van der Waals surface area contributed by atoms with E-state index >= 15 is 0 Å². The summed E-state index contributed by atoms with van der Waals surface area (Å²) < 4.78 is 6.63. The van der Waals surface area contributed by atoms with Crippen LogP contribution in [0.5, 0.6) is 0 Å². The van der Waals surface area contributed by atoms with Gasteiger partial charge in [-0.1, -0.05) is 18.7 Å². The van der Waals surface area contributed by atoms with Gasteiger partial charge in [0.05, 0.1) is 12.6 Å². The summed E-state index contributed by atoms with van der Waals surface area (Å²) >= 11 is 1.54. The van der Waals surface area contributed by atoms with E-state index in [2.05, 4.69) is 10.3 Å². The maximum Gasteiger partial charge on any atom is 0.254 e. The minimum atomic E-state index is -0.120. The minimum Gasteiger partial charge on any atom is -0.383 e. The number of ether oxygens (including phenoxy) is 1. The van der Waals surface area contributed by atoms with Crippen molar-refractivity contribution in [2.24, 2.45) is 0 Å². The van der Waals surface area contributed by atoms with E-state index < -0.39 is 0 Å². The third kappa shape index (κ3) is 3.85. The second-order valence-corrected chi connectivity index (χ2v) is 6.17. The Morgan fingerprint density at radius 1 is 1.67 bits per heavy atom. The molecule has 0 aliphatic carbocycles. The third-order valence-corrected chi connectivity index (χ3v) is 4.45. The average Bonchev–Trinajstić information content (AvgIpc) is 2.82. The molecule has 1 aliphatic rings. The van der Waals surface area contributed by atoms with Crippen LogP contribution in [0.3, 0.4) is 0 Å². The molecule has 1 aliphatic heterocycles. The standard InChI is InChI=1S/C14H21N3O3S/c1-4-10-5-13(19)17-11(8-21-14(17)16-10)6-12(18)15-9(2)7-20-3/h5,9,11H,4,6-8H2,1-3H3,(H,15,18). The zero-order valence-corrected chi connectivity index (χ0v) is 13.4. The number of amides is 1. The molecule has 1 aromatic rings. The Morgan fingerprint density at radius 3 is 3.10 bits per heavy atom. The normalized spacial score (nSPS) is 18.3. The zero-order valence-electron chi connectivity index (χ0n) is 12.6. The Kier molecular flexibility index (Phi) is 5.41. The number of rotatable bonds is 6. The Balaban J connectivity index is 2.06. The van der Waals surface area contributed by atoms with Crippen LogP contribution >= 0.6 is 11.8 Å². The first kappa shape index (κ1) is 16.0. The average molecular weight is 311 g/mol. The first-order valence-corrected chi connectivity index (χ1v) is 8.07. The number of carbonyl (C=O) groups is 1. The number of nitrogens with zero attached hydrogens (tertiary/aromatic N) is 2. The summed E-state index contributed by atoms with van der Waals surface area (Å²) in [6.07, 6.45) is 1.03. The number of aromatic nitrogens is 2. The van der Waals surface area contributed by atoms with Crippen molar-refractivity contribution in [1.29, 1.82) is 0 Å². The molecule has 7 heteroatoms. The largest absolute Gasteiger partial charge is 0.383 e. The summed E-state index contributed by atoms with van der Waals surface area (Å²) in [5, 5.41) is 3.60. The fourth-order valence-electron chi connectivity index (χ4n) is 2.37. The Hall–Kier alpha value is -1.34. The molecule has 0 spiro atoms. The summed E-state index contributed by atoms with van der Waals surface area (Å²) in [7, 11) is 1.60. The molecule has 116 valence electrons. The zero-order chi connectivity index (χ0) is 15.4. The molecule has 6 nitrogen and oxygen atoms in total. The van der Waals surface area contributed by atoms with E-state index in [4.69, 9.17) is 4.74 Å². The van der Waals surface area contributed by atoms with Crippen LogP contribution in [0.1, 0.15) is 32.0 Å². The summed E-state index contributed by atoms with van der Waals surface area (Å²) in [4.78, 5) is 28.6. The number of nitrogens with one attached hydrogen (secondary N) is 1. The predicted octanol–water partition coefficient (Wildman–Crippen LogP) is 0.994. The molecule has 1 amide bonds. The highest BCUT2D eigenvalue weighted by Crippen LogP contribution is 2.31. The molecule has 0 saturated heterocycles. The number of carbonyl (C=O) groups excluding carboxylic acids is 1. The number of methoxy groups -OCH3 is 1. The first-order chi connectivity index (χ1) is 10.0. The monoisotopic (exact) mass is 311 g/mol. The topological polar surface area (TPSA) is 73.2 Å². The van der Waals surface area contributed by atoms with E-state index in [1.54, 1.807) is 17.7 Å². The lowest BCUT2D eigenvalue weighted by atomic mass is 10.2. The van der Waals surface area contributed by atoms with Gasteiger partial charge in [0.25, 0.3) is 5.56 Å². The maximum absolute atomic E-state index is 12.2. The lowest BCUT2D eigenvalue weighted by Crippen LogP contribution is -2.37. The van der Waals surface area contributed by atoms with Crippen molar-refractivity contribution in [3.05, 3.63) is 22.1 Å². The molecular formula is C14H21N3O3S. The highest BCUT2D eigenvalue weighted by Gasteiger charge is 2.27. The summed E-state index contributed by atoms with van der Waals surface area (Å²) in [6, 6.07) is 1.41. The molecule has 2 atom stereocenters. The second-order valence-electron chi connectivity index (χ2n) is 5.18. The van der Waals surface area contributed by atoms with E-state index in [0.717, 1.165) is 17.3 Å². The van der Waals surface area contributed by atoms with Crippen LogP contribution < -0.4 is 10.9 Å². The highest BCUT2D eigenvalue weighted by atomic mass is 32.2. The van der Waals surface area contributed by atoms with Crippen molar-refractivity contribution >= 4 is 17.7 Å². The van der Waals surface area contributed by atoms with Crippen LogP contribution in [0.25, 0.3) is 0 Å². The number of aryl methyl sites for hydroxylation is 1. The van der Waals surface area contributed by atoms with E-state index in [9.17, 15) is 9.59 Å². The Morgan fingerprint density at radius 2 is 2.43 bits per heavy atom. The van der Waals surface area contributed by atoms with Crippen LogP contribution in [0.15, 0.2) is 16.0 Å². The van der Waals surface area contributed by atoms with Crippen molar-refractivity contribution < 1.29 is 9.53 Å². The lowest BCUT2D eigenvalue weighted by molar-refractivity contribution is -0.122. The number of thioether (sulfide) groups is 1. The van der Waals surface area contributed by atoms with Gasteiger partial charge in [-0.15, -0.1) is 0 Å². The van der Waals surface area contributed by atoms with Gasteiger partial charge in [-0.3, -0.25) is 14.2 Å². The summed E-state index contributed by atoms with van der Waals surface area (Å²) in [5.74, 6) is 0.645. The molecule has 0 aromatic carbocycles. The molecule has 0 saturated carbocycles. The Labute approximate surface area is 128 Å². The molecule has 0 radical (unpaired) electrons. The van der Waals surface area contributed by atoms with Gasteiger partial charge in [0.2, 0.25) is 5.91 Å². The van der Waals surface area contributed by atoms with Gasteiger partial charge in [0.1, 0.15) is 0 Å². The summed E-state index contributed by atoms with van der Waals surface area (Å²) in [6.45, 7) is 4.34. The predicted molar refractivity (Wildman–Crippen MR) is 81.7 cm³/mol. The maximum atomic E-state index is 12.2. The van der Waals surface area contributed by atoms with Crippen molar-refractivity contribution in [2.45, 2.75) is 43.9 Å². The van der Waals surface area contributed by atoms with E-state index in [1.165, 1.54) is 11.8 Å². The third-order valence-electron chi connectivity index (χ3n) is 3.35. The molecule has 2 unspecified atom stereocenters. The van der Waals surface area contributed by atoms with Crippen molar-refractivity contribution in [1.82, 2.24) is 14.9 Å². The molecule has 0 bridgehead atoms. The molecule has 1 aromatic heterocycles. The van der Waals surface area contributed by atoms with Crippen LogP contribution in [0.2, 0.25) is 0 Å². The molecule has 2 rings (SSSR count). The van der Waals surface area contributed by atoms with Gasteiger partial charge >= 0.3 is 0 Å². The van der Waals surface area contributed by atoms with Crippen LogP contribution in [-0.4, -0.2) is 41.0 Å². The fraction of sp³-hybridized carbons (Fsp3) is 0.643. The number of hydrogen-bond acceptors (Lipinski definition) is 5. The van der Waals surface area contributed by atoms with Crippen molar-refractivity contribution in [3.8, 4) is 0 Å². The number of fused-ring (bicyclic) bond motifs is 1. The van der Waals surface area contributed by atoms with Crippen molar-refractivity contribution in [3.63, 3.8) is 0 Å². The molecule has 0 fully saturated rings. The van der Waals surface area contributed by atoms with Gasteiger partial charge in [-0.2, -0.15) is 0 Å². The first-order valence-electron chi connectivity index (χ1n) is 7.08. The molecule has 1 N–H and O–H groups in total. The van der Waals surface area contributed by atoms with E-state index in [1.807, 2.05) is 13.8 Å². The van der Waals surface area contributed by atoms with Gasteiger partial charge < -0.3 is 10.1 Å². The van der Waals surface area contributed by atoms with Crippen LogP contribution in [0, 0.1) is 0 Å².